The molecular weight excluding hydrogens is 240 g/mol. The van der Waals surface area contributed by atoms with Crippen molar-refractivity contribution < 1.29 is 9.90 Å². The minimum Gasteiger partial charge on any atom is -0.508 e. The maximum Gasteiger partial charge on any atom is 0.271 e. The van der Waals surface area contributed by atoms with Crippen molar-refractivity contribution in [1.82, 2.24) is 5.43 Å². The second kappa shape index (κ2) is 6.92. The van der Waals surface area contributed by atoms with Crippen LogP contribution in [0.25, 0.3) is 0 Å². The summed E-state index contributed by atoms with van der Waals surface area (Å²) >= 11 is 0. The van der Waals surface area contributed by atoms with Crippen LogP contribution in [0.1, 0.15) is 55.3 Å². The van der Waals surface area contributed by atoms with Gasteiger partial charge < -0.3 is 5.11 Å². The molecule has 1 amide bonds. The van der Waals surface area contributed by atoms with Gasteiger partial charge in [-0.15, -0.1) is 0 Å². The van der Waals surface area contributed by atoms with Crippen molar-refractivity contribution in [3.8, 4) is 5.75 Å². The standard InChI is InChI=1S/C15H20N2O2/c18-14-10-6-7-12(11-14)15(19)17-16-13-8-4-2-1-3-5-9-13/h6-7,10-11,18H,1-5,8-9H2,(H,17,19). The largest absolute Gasteiger partial charge is 0.508 e. The predicted octanol–water partition coefficient (Wildman–Crippen LogP) is 3.22. The summed E-state index contributed by atoms with van der Waals surface area (Å²) in [4.78, 5) is 11.9. The fourth-order valence-electron chi connectivity index (χ4n) is 2.27. The van der Waals surface area contributed by atoms with Gasteiger partial charge in [0.05, 0.1) is 0 Å². The zero-order chi connectivity index (χ0) is 13.5. The van der Waals surface area contributed by atoms with E-state index in [2.05, 4.69) is 10.5 Å². The lowest BCUT2D eigenvalue weighted by Crippen LogP contribution is -2.20. The molecule has 1 aromatic carbocycles. The zero-order valence-electron chi connectivity index (χ0n) is 11.1. The van der Waals surface area contributed by atoms with Crippen LogP contribution in [-0.4, -0.2) is 16.7 Å². The van der Waals surface area contributed by atoms with Crippen molar-refractivity contribution in [2.45, 2.75) is 44.9 Å². The van der Waals surface area contributed by atoms with Gasteiger partial charge in [-0.3, -0.25) is 4.79 Å². The molecule has 4 nitrogen and oxygen atoms in total. The summed E-state index contributed by atoms with van der Waals surface area (Å²) in [7, 11) is 0. The van der Waals surface area contributed by atoms with Crippen LogP contribution in [0.5, 0.6) is 5.75 Å². The van der Waals surface area contributed by atoms with E-state index in [1.807, 2.05) is 0 Å². The highest BCUT2D eigenvalue weighted by molar-refractivity contribution is 5.95. The molecule has 4 heteroatoms. The van der Waals surface area contributed by atoms with Crippen LogP contribution in [0.4, 0.5) is 0 Å². The number of hydrazone groups is 1. The minimum absolute atomic E-state index is 0.0891. The number of benzene rings is 1. The Kier molecular flexibility index (Phi) is 4.95. The van der Waals surface area contributed by atoms with E-state index in [0.717, 1.165) is 31.4 Å². The highest BCUT2D eigenvalue weighted by Crippen LogP contribution is 2.15. The van der Waals surface area contributed by atoms with Gasteiger partial charge in [-0.05, 0) is 43.9 Å². The Labute approximate surface area is 113 Å². The second-order valence-corrected chi connectivity index (χ2v) is 4.94. The molecule has 0 bridgehead atoms. The molecule has 102 valence electrons. The molecule has 0 heterocycles. The number of hydrogen-bond donors (Lipinski definition) is 2. The van der Waals surface area contributed by atoms with E-state index >= 15 is 0 Å². The monoisotopic (exact) mass is 260 g/mol. The van der Waals surface area contributed by atoms with Crippen LogP contribution < -0.4 is 5.43 Å². The average molecular weight is 260 g/mol. The van der Waals surface area contributed by atoms with E-state index in [9.17, 15) is 9.90 Å². The first kappa shape index (κ1) is 13.6. The first-order valence-electron chi connectivity index (χ1n) is 6.90. The summed E-state index contributed by atoms with van der Waals surface area (Å²) in [6.07, 6.45) is 8.06. The minimum atomic E-state index is -0.273. The Morgan fingerprint density at radius 1 is 1.11 bits per heavy atom. The number of carbonyl (C=O) groups is 1. The molecule has 0 saturated heterocycles. The number of phenols is 1. The highest BCUT2D eigenvalue weighted by atomic mass is 16.3. The molecular formula is C15H20N2O2. The number of nitrogens with zero attached hydrogens (tertiary/aromatic N) is 1. The molecule has 0 aromatic heterocycles. The number of carbonyl (C=O) groups excluding carboxylic acids is 1. The third-order valence-corrected chi connectivity index (χ3v) is 3.35. The average Bonchev–Trinajstić information content (AvgIpc) is 2.37. The molecule has 0 radical (unpaired) electrons. The highest BCUT2D eigenvalue weighted by Gasteiger charge is 2.08. The van der Waals surface area contributed by atoms with Crippen LogP contribution in [0.3, 0.4) is 0 Å². The Hall–Kier alpha value is -1.84. The lowest BCUT2D eigenvalue weighted by atomic mass is 9.99. The van der Waals surface area contributed by atoms with Gasteiger partial charge in [0.1, 0.15) is 5.75 Å². The lowest BCUT2D eigenvalue weighted by Gasteiger charge is -2.11. The van der Waals surface area contributed by atoms with Gasteiger partial charge in [-0.25, -0.2) is 5.43 Å². The molecule has 1 saturated carbocycles. The number of hydrogen-bond acceptors (Lipinski definition) is 3. The van der Waals surface area contributed by atoms with Crippen molar-refractivity contribution >= 4 is 11.6 Å². The van der Waals surface area contributed by atoms with Gasteiger partial charge >= 0.3 is 0 Å². The van der Waals surface area contributed by atoms with E-state index in [1.54, 1.807) is 12.1 Å². The molecule has 0 unspecified atom stereocenters. The molecule has 1 aromatic rings. The fraction of sp³-hybridized carbons (Fsp3) is 0.467. The maximum atomic E-state index is 11.9. The summed E-state index contributed by atoms with van der Waals surface area (Å²) in [6, 6.07) is 6.28. The summed E-state index contributed by atoms with van der Waals surface area (Å²) in [5, 5.41) is 13.6. The van der Waals surface area contributed by atoms with Crippen LogP contribution in [0, 0.1) is 0 Å². The van der Waals surface area contributed by atoms with Gasteiger partial charge in [0.2, 0.25) is 0 Å². The first-order chi connectivity index (χ1) is 9.25. The molecule has 1 aliphatic carbocycles. The van der Waals surface area contributed by atoms with Gasteiger partial charge in [-0.1, -0.05) is 25.3 Å². The van der Waals surface area contributed by atoms with Crippen molar-refractivity contribution in [3.05, 3.63) is 29.8 Å². The van der Waals surface area contributed by atoms with Crippen LogP contribution in [0.2, 0.25) is 0 Å². The molecule has 0 aliphatic heterocycles. The van der Waals surface area contributed by atoms with E-state index < -0.39 is 0 Å². The van der Waals surface area contributed by atoms with E-state index in [-0.39, 0.29) is 11.7 Å². The number of amides is 1. The fourth-order valence-corrected chi connectivity index (χ4v) is 2.27. The van der Waals surface area contributed by atoms with Crippen molar-refractivity contribution in [1.29, 1.82) is 0 Å². The Balaban J connectivity index is 1.94. The Morgan fingerprint density at radius 3 is 2.47 bits per heavy atom. The lowest BCUT2D eigenvalue weighted by molar-refractivity contribution is 0.0954. The van der Waals surface area contributed by atoms with Crippen molar-refractivity contribution in [3.63, 3.8) is 0 Å². The van der Waals surface area contributed by atoms with E-state index in [1.165, 1.54) is 31.4 Å². The molecule has 0 atom stereocenters. The number of aromatic hydroxyl groups is 1. The van der Waals surface area contributed by atoms with Gasteiger partial charge in [-0.2, -0.15) is 5.10 Å². The van der Waals surface area contributed by atoms with Gasteiger partial charge in [0, 0.05) is 11.3 Å². The SMILES string of the molecule is O=C(NN=C1CCCCCCC1)c1cccc(O)c1. The maximum absolute atomic E-state index is 11.9. The zero-order valence-corrected chi connectivity index (χ0v) is 11.1. The molecule has 1 aliphatic rings. The summed E-state index contributed by atoms with van der Waals surface area (Å²) in [5.74, 6) is -0.184. The normalized spacial score (nSPS) is 16.3. The van der Waals surface area contributed by atoms with Crippen LogP contribution >= 0.6 is 0 Å². The Morgan fingerprint density at radius 2 is 1.79 bits per heavy atom. The first-order valence-corrected chi connectivity index (χ1v) is 6.90. The van der Waals surface area contributed by atoms with E-state index in [0.29, 0.717) is 5.56 Å². The summed E-state index contributed by atoms with van der Waals surface area (Å²) < 4.78 is 0. The molecule has 2 rings (SSSR count). The Bertz CT molecular complexity index is 459. The third-order valence-electron chi connectivity index (χ3n) is 3.35. The van der Waals surface area contributed by atoms with Gasteiger partial charge in [0.25, 0.3) is 5.91 Å². The number of rotatable bonds is 2. The van der Waals surface area contributed by atoms with Crippen LogP contribution in [0.15, 0.2) is 29.4 Å². The van der Waals surface area contributed by atoms with Gasteiger partial charge in [0.15, 0.2) is 0 Å². The summed E-state index contributed by atoms with van der Waals surface area (Å²) in [6.45, 7) is 0. The topological polar surface area (TPSA) is 61.7 Å². The summed E-state index contributed by atoms with van der Waals surface area (Å²) in [5.41, 5.74) is 4.09. The third kappa shape index (κ3) is 4.39. The quantitative estimate of drug-likeness (QED) is 0.802. The smallest absolute Gasteiger partial charge is 0.271 e. The predicted molar refractivity (Wildman–Crippen MR) is 75.3 cm³/mol. The molecule has 1 fully saturated rings. The van der Waals surface area contributed by atoms with Crippen molar-refractivity contribution in [2.24, 2.45) is 5.10 Å². The van der Waals surface area contributed by atoms with Crippen LogP contribution in [-0.2, 0) is 0 Å². The number of nitrogens with one attached hydrogen (secondary N) is 1. The van der Waals surface area contributed by atoms with E-state index in [4.69, 9.17) is 0 Å². The molecule has 2 N–H and O–H groups in total. The van der Waals surface area contributed by atoms with Crippen molar-refractivity contribution in [2.75, 3.05) is 0 Å². The molecule has 0 spiro atoms. The number of phenolic OH excluding ortho intramolecular Hbond substituents is 1. The molecule has 19 heavy (non-hydrogen) atoms. The second-order valence-electron chi connectivity index (χ2n) is 4.94.